The Balaban J connectivity index is 1.16. The van der Waals surface area contributed by atoms with Crippen LogP contribution >= 0.6 is 0 Å². The molecule has 5 nitrogen and oxygen atoms in total. The van der Waals surface area contributed by atoms with Crippen molar-refractivity contribution in [1.82, 2.24) is 24.1 Å². The maximum Gasteiger partial charge on any atom is 0.137 e. The van der Waals surface area contributed by atoms with Crippen LogP contribution in [0.25, 0.3) is 99.4 Å². The number of rotatable bonds is 4. The Hall–Kier alpha value is -7.11. The molecule has 0 aliphatic carbocycles. The Bertz CT molecular complexity index is 3160. The molecule has 0 unspecified atom stereocenters. The molecule has 0 amide bonds. The lowest BCUT2D eigenvalue weighted by molar-refractivity contribution is 1.08. The maximum absolute atomic E-state index is 5.14. The standard InChI is InChI=1S/C47H29N5/c1-3-13-30(14-4-1)46-47(50-40-21-11-10-20-39(40)49-46)33-23-24-45(48-29-33)52-41-22-12-9-19-35(41)37-27-38-36-25-31-15-7-8-16-32(31)26-42(36)51(43(38)28-44(37)52)34-17-5-2-6-18-34/h1-29H. The molecular weight excluding hydrogens is 635 g/mol. The molecule has 4 heterocycles. The second kappa shape index (κ2) is 11.2. The third kappa shape index (κ3) is 4.33. The van der Waals surface area contributed by atoms with Gasteiger partial charge in [-0.3, -0.25) is 4.57 Å². The Labute approximate surface area is 298 Å². The first-order chi connectivity index (χ1) is 25.8. The molecule has 0 radical (unpaired) electrons. The number of hydrogen-bond acceptors (Lipinski definition) is 3. The average molecular weight is 664 g/mol. The minimum Gasteiger partial charge on any atom is -0.309 e. The van der Waals surface area contributed by atoms with Gasteiger partial charge in [-0.15, -0.1) is 0 Å². The summed E-state index contributed by atoms with van der Waals surface area (Å²) in [5, 5.41) is 7.32. The summed E-state index contributed by atoms with van der Waals surface area (Å²) < 4.78 is 4.69. The molecule has 7 aromatic carbocycles. The highest BCUT2D eigenvalue weighted by Crippen LogP contribution is 2.41. The lowest BCUT2D eigenvalue weighted by Gasteiger charge is -2.12. The van der Waals surface area contributed by atoms with Crippen molar-refractivity contribution < 1.29 is 0 Å². The van der Waals surface area contributed by atoms with Gasteiger partial charge in [-0.1, -0.05) is 103 Å². The van der Waals surface area contributed by atoms with E-state index in [9.17, 15) is 0 Å². The zero-order chi connectivity index (χ0) is 34.2. The van der Waals surface area contributed by atoms with E-state index in [1.54, 1.807) is 0 Å². The number of fused-ring (bicyclic) bond motifs is 8. The van der Waals surface area contributed by atoms with Crippen LogP contribution in [0, 0.1) is 0 Å². The lowest BCUT2D eigenvalue weighted by Crippen LogP contribution is -1.99. The van der Waals surface area contributed by atoms with Crippen LogP contribution in [0.3, 0.4) is 0 Å². The van der Waals surface area contributed by atoms with E-state index in [1.165, 1.54) is 37.8 Å². The topological polar surface area (TPSA) is 48.5 Å². The van der Waals surface area contributed by atoms with Gasteiger partial charge < -0.3 is 4.57 Å². The van der Waals surface area contributed by atoms with Crippen molar-refractivity contribution in [3.05, 3.63) is 176 Å². The zero-order valence-corrected chi connectivity index (χ0v) is 28.0. The monoisotopic (exact) mass is 663 g/mol. The summed E-state index contributed by atoms with van der Waals surface area (Å²) >= 11 is 0. The van der Waals surface area contributed by atoms with Crippen molar-refractivity contribution in [3.8, 4) is 34.0 Å². The van der Waals surface area contributed by atoms with Crippen molar-refractivity contribution in [1.29, 1.82) is 0 Å². The van der Waals surface area contributed by atoms with Crippen LogP contribution < -0.4 is 0 Å². The first kappa shape index (κ1) is 28.7. The van der Waals surface area contributed by atoms with E-state index in [0.29, 0.717) is 0 Å². The van der Waals surface area contributed by atoms with Gasteiger partial charge in [0, 0.05) is 44.6 Å². The minimum absolute atomic E-state index is 0.813. The predicted octanol–water partition coefficient (Wildman–Crippen LogP) is 11.7. The smallest absolute Gasteiger partial charge is 0.137 e. The fraction of sp³-hybridized carbons (Fsp3) is 0. The predicted molar refractivity (Wildman–Crippen MR) is 214 cm³/mol. The summed E-state index contributed by atoms with van der Waals surface area (Å²) in [6.07, 6.45) is 1.94. The zero-order valence-electron chi connectivity index (χ0n) is 28.0. The molecule has 11 aromatic rings. The molecule has 0 bridgehead atoms. The van der Waals surface area contributed by atoms with Crippen molar-refractivity contribution in [2.75, 3.05) is 0 Å². The molecule has 0 N–H and O–H groups in total. The summed E-state index contributed by atoms with van der Waals surface area (Å²) in [5.41, 5.74) is 11.0. The van der Waals surface area contributed by atoms with E-state index in [-0.39, 0.29) is 0 Å². The Kier molecular flexibility index (Phi) is 6.18. The van der Waals surface area contributed by atoms with Crippen molar-refractivity contribution in [2.24, 2.45) is 0 Å². The van der Waals surface area contributed by atoms with Crippen LogP contribution in [0.4, 0.5) is 0 Å². The number of hydrogen-bond donors (Lipinski definition) is 0. The van der Waals surface area contributed by atoms with E-state index in [2.05, 4.69) is 137 Å². The number of aromatic nitrogens is 5. The molecule has 0 atom stereocenters. The SMILES string of the molecule is c1ccc(-c2nc3ccccc3nc2-c2ccc(-n3c4ccccc4c4cc5c6cc7ccccc7cc6n(-c6ccccc6)c5cc43)nc2)cc1. The fourth-order valence-corrected chi connectivity index (χ4v) is 7.92. The van der Waals surface area contributed by atoms with Gasteiger partial charge in [-0.05, 0) is 77.5 Å². The molecule has 0 saturated carbocycles. The first-order valence-corrected chi connectivity index (χ1v) is 17.5. The summed E-state index contributed by atoms with van der Waals surface area (Å²) in [6.45, 7) is 0. The van der Waals surface area contributed by atoms with Gasteiger partial charge in [0.2, 0.25) is 0 Å². The fourth-order valence-electron chi connectivity index (χ4n) is 7.92. The van der Waals surface area contributed by atoms with Gasteiger partial charge in [0.1, 0.15) is 5.82 Å². The van der Waals surface area contributed by atoms with Crippen LogP contribution in [-0.2, 0) is 0 Å². The van der Waals surface area contributed by atoms with Gasteiger partial charge in [0.05, 0.1) is 44.5 Å². The third-order valence-electron chi connectivity index (χ3n) is 10.3. The summed E-state index contributed by atoms with van der Waals surface area (Å²) in [4.78, 5) is 15.3. The average Bonchev–Trinajstić information content (AvgIpc) is 3.70. The number of benzene rings is 7. The molecule has 0 aliphatic rings. The van der Waals surface area contributed by atoms with Gasteiger partial charge in [0.15, 0.2) is 0 Å². The Morgan fingerprint density at radius 2 is 0.942 bits per heavy atom. The molecule has 242 valence electrons. The summed E-state index contributed by atoms with van der Waals surface area (Å²) in [6, 6.07) is 59.9. The van der Waals surface area contributed by atoms with Gasteiger partial charge in [-0.25, -0.2) is 15.0 Å². The third-order valence-corrected chi connectivity index (χ3v) is 10.3. The quantitative estimate of drug-likeness (QED) is 0.188. The largest absolute Gasteiger partial charge is 0.309 e. The molecule has 11 rings (SSSR count). The molecule has 0 aliphatic heterocycles. The normalized spacial score (nSPS) is 11.8. The highest BCUT2D eigenvalue weighted by Gasteiger charge is 2.20. The first-order valence-electron chi connectivity index (χ1n) is 17.5. The van der Waals surface area contributed by atoms with Crippen LogP contribution in [0.1, 0.15) is 0 Å². The van der Waals surface area contributed by atoms with Crippen molar-refractivity contribution >= 4 is 65.4 Å². The molecule has 5 heteroatoms. The molecular formula is C47H29N5. The number of pyridine rings is 1. The molecule has 52 heavy (non-hydrogen) atoms. The van der Waals surface area contributed by atoms with Crippen LogP contribution in [0.15, 0.2) is 176 Å². The maximum atomic E-state index is 5.14. The van der Waals surface area contributed by atoms with E-state index in [1.807, 2.05) is 48.7 Å². The molecule has 0 saturated heterocycles. The molecule has 0 spiro atoms. The van der Waals surface area contributed by atoms with Crippen LogP contribution in [0.5, 0.6) is 0 Å². The van der Waals surface area contributed by atoms with Crippen LogP contribution in [0.2, 0.25) is 0 Å². The highest BCUT2D eigenvalue weighted by atomic mass is 15.1. The molecule has 0 fully saturated rings. The molecule has 4 aromatic heterocycles. The van der Waals surface area contributed by atoms with E-state index < -0.39 is 0 Å². The second-order valence-corrected chi connectivity index (χ2v) is 13.3. The lowest BCUT2D eigenvalue weighted by atomic mass is 10.0. The van der Waals surface area contributed by atoms with E-state index in [0.717, 1.165) is 61.6 Å². The minimum atomic E-state index is 0.813. The van der Waals surface area contributed by atoms with Gasteiger partial charge in [0.25, 0.3) is 0 Å². The summed E-state index contributed by atoms with van der Waals surface area (Å²) in [7, 11) is 0. The van der Waals surface area contributed by atoms with Gasteiger partial charge >= 0.3 is 0 Å². The Morgan fingerprint density at radius 3 is 1.69 bits per heavy atom. The van der Waals surface area contributed by atoms with Crippen molar-refractivity contribution in [2.45, 2.75) is 0 Å². The summed E-state index contributed by atoms with van der Waals surface area (Å²) in [5.74, 6) is 0.845. The number of nitrogens with zero attached hydrogens (tertiary/aromatic N) is 5. The second-order valence-electron chi connectivity index (χ2n) is 13.3. The van der Waals surface area contributed by atoms with Gasteiger partial charge in [-0.2, -0.15) is 0 Å². The highest BCUT2D eigenvalue weighted by molar-refractivity contribution is 6.20. The van der Waals surface area contributed by atoms with Crippen LogP contribution in [-0.4, -0.2) is 24.1 Å². The van der Waals surface area contributed by atoms with E-state index in [4.69, 9.17) is 15.0 Å². The van der Waals surface area contributed by atoms with E-state index >= 15 is 0 Å². The Morgan fingerprint density at radius 1 is 0.365 bits per heavy atom. The number of para-hydroxylation sites is 4. The van der Waals surface area contributed by atoms with Crippen molar-refractivity contribution in [3.63, 3.8) is 0 Å².